The summed E-state index contributed by atoms with van der Waals surface area (Å²) in [5, 5.41) is 3.82. The van der Waals surface area contributed by atoms with E-state index in [9.17, 15) is 13.2 Å². The maximum absolute atomic E-state index is 12.2. The molecular weight excluding hydrogens is 462 g/mol. The molecule has 0 aliphatic heterocycles. The smallest absolute Gasteiger partial charge is 0.276 e. The minimum absolute atomic E-state index is 0.114. The van der Waals surface area contributed by atoms with Crippen LogP contribution in [0.3, 0.4) is 0 Å². The second-order valence-corrected chi connectivity index (χ2v) is 8.52. The fourth-order valence-corrected chi connectivity index (χ4v) is 3.54. The Kier molecular flexibility index (Phi) is 8.03. The molecule has 0 atom stereocenters. The summed E-state index contributed by atoms with van der Waals surface area (Å²) in [4.78, 5) is 15.5. The van der Waals surface area contributed by atoms with Crippen molar-refractivity contribution in [2.75, 3.05) is 27.3 Å². The molecule has 0 aliphatic rings. The number of amides is 1. The average molecular weight is 484 g/mol. The van der Waals surface area contributed by atoms with Gasteiger partial charge in [0.2, 0.25) is 0 Å². The first-order valence-corrected chi connectivity index (χ1v) is 10.9. The van der Waals surface area contributed by atoms with E-state index in [1.165, 1.54) is 23.2 Å². The minimum Gasteiger partial charge on any atom is -0.490 e. The monoisotopic (exact) mass is 483 g/mol. The number of sulfonamides is 1. The Morgan fingerprint density at radius 2 is 1.90 bits per heavy atom. The van der Waals surface area contributed by atoms with Crippen LogP contribution in [0.1, 0.15) is 12.5 Å². The van der Waals surface area contributed by atoms with Crippen molar-refractivity contribution in [3.63, 3.8) is 0 Å². The molecule has 0 saturated carbocycles. The zero-order valence-electron chi connectivity index (χ0n) is 16.3. The fourth-order valence-electron chi connectivity index (χ4n) is 2.15. The van der Waals surface area contributed by atoms with Gasteiger partial charge in [0.1, 0.15) is 0 Å². The lowest BCUT2D eigenvalue weighted by molar-refractivity contribution is -0.130. The summed E-state index contributed by atoms with van der Waals surface area (Å²) in [7, 11) is -0.475. The number of ether oxygens (including phenoxy) is 2. The summed E-state index contributed by atoms with van der Waals surface area (Å²) in [6.07, 6.45) is 1.35. The third-order valence-corrected chi connectivity index (χ3v) is 5.44. The molecule has 0 bridgehead atoms. The van der Waals surface area contributed by atoms with E-state index in [-0.39, 0.29) is 17.4 Å². The largest absolute Gasteiger partial charge is 0.490 e. The number of likely N-dealkylation sites (N-methyl/N-ethyl adjacent to an activating group) is 1. The normalized spacial score (nSPS) is 11.3. The molecule has 0 saturated heterocycles. The molecule has 0 spiro atoms. The Labute approximate surface area is 178 Å². The van der Waals surface area contributed by atoms with Gasteiger partial charge in [-0.1, -0.05) is 18.2 Å². The number of carbonyl (C=O) groups is 1. The van der Waals surface area contributed by atoms with Gasteiger partial charge in [-0.2, -0.15) is 13.5 Å². The van der Waals surface area contributed by atoms with E-state index in [1.54, 1.807) is 44.4 Å². The highest BCUT2D eigenvalue weighted by Gasteiger charge is 2.15. The van der Waals surface area contributed by atoms with E-state index < -0.39 is 10.0 Å². The topological polar surface area (TPSA) is 97.3 Å². The number of halogens is 1. The van der Waals surface area contributed by atoms with E-state index >= 15 is 0 Å². The summed E-state index contributed by atoms with van der Waals surface area (Å²) in [6, 6.07) is 11.3. The zero-order chi connectivity index (χ0) is 21.4. The molecule has 8 nitrogen and oxygen atoms in total. The summed E-state index contributed by atoms with van der Waals surface area (Å²) in [6.45, 7) is 2.05. The Morgan fingerprint density at radius 3 is 2.52 bits per heavy atom. The molecule has 0 aliphatic carbocycles. The second-order valence-electron chi connectivity index (χ2n) is 6.01. The molecular formula is C19H22BrN3O5S. The SMILES string of the molecule is CCOc1cc(/C=N\NS(=O)(=O)c2ccccc2)cc(Br)c1OCC(=O)N(C)C. The summed E-state index contributed by atoms with van der Waals surface area (Å²) < 4.78 is 36.1. The van der Waals surface area contributed by atoms with Crippen molar-refractivity contribution in [2.24, 2.45) is 5.10 Å². The first-order valence-electron chi connectivity index (χ1n) is 8.63. The molecule has 1 N–H and O–H groups in total. The molecule has 156 valence electrons. The molecule has 2 rings (SSSR count). The number of hydrogen-bond acceptors (Lipinski definition) is 6. The van der Waals surface area contributed by atoms with Crippen molar-refractivity contribution in [2.45, 2.75) is 11.8 Å². The minimum atomic E-state index is -3.75. The molecule has 2 aromatic rings. The lowest BCUT2D eigenvalue weighted by Gasteiger charge is -2.16. The number of nitrogens with zero attached hydrogens (tertiary/aromatic N) is 2. The van der Waals surface area contributed by atoms with Crippen LogP contribution in [0.25, 0.3) is 0 Å². The number of nitrogens with one attached hydrogen (secondary N) is 1. The lowest BCUT2D eigenvalue weighted by Crippen LogP contribution is -2.27. The highest BCUT2D eigenvalue weighted by Crippen LogP contribution is 2.36. The van der Waals surface area contributed by atoms with Crippen molar-refractivity contribution in [3.05, 3.63) is 52.5 Å². The Hall–Kier alpha value is -2.59. The highest BCUT2D eigenvalue weighted by atomic mass is 79.9. The van der Waals surface area contributed by atoms with Gasteiger partial charge in [-0.3, -0.25) is 4.79 Å². The van der Waals surface area contributed by atoms with Gasteiger partial charge in [-0.25, -0.2) is 4.83 Å². The van der Waals surface area contributed by atoms with Crippen LogP contribution < -0.4 is 14.3 Å². The van der Waals surface area contributed by atoms with Crippen molar-refractivity contribution < 1.29 is 22.7 Å². The molecule has 0 aromatic heterocycles. The predicted octanol–water partition coefficient (Wildman–Crippen LogP) is 2.63. The van der Waals surface area contributed by atoms with Gasteiger partial charge >= 0.3 is 0 Å². The summed E-state index contributed by atoms with van der Waals surface area (Å²) in [5.41, 5.74) is 0.572. The lowest BCUT2D eigenvalue weighted by atomic mass is 10.2. The highest BCUT2D eigenvalue weighted by molar-refractivity contribution is 9.10. The number of hydrazone groups is 1. The van der Waals surface area contributed by atoms with E-state index in [2.05, 4.69) is 25.9 Å². The van der Waals surface area contributed by atoms with Crippen LogP contribution >= 0.6 is 15.9 Å². The van der Waals surface area contributed by atoms with Crippen molar-refractivity contribution in [1.29, 1.82) is 0 Å². The standard InChI is InChI=1S/C19H22BrN3O5S/c1-4-27-17-11-14(10-16(20)19(17)28-13-18(24)23(2)3)12-21-22-29(25,26)15-8-6-5-7-9-15/h5-12,22H,4,13H2,1-3H3/b21-12-. The molecule has 1 amide bonds. The zero-order valence-corrected chi connectivity index (χ0v) is 18.7. The van der Waals surface area contributed by atoms with Gasteiger partial charge in [0.15, 0.2) is 18.1 Å². The molecule has 0 radical (unpaired) electrons. The van der Waals surface area contributed by atoms with Crippen LogP contribution in [0.4, 0.5) is 0 Å². The number of carbonyl (C=O) groups excluding carboxylic acids is 1. The third kappa shape index (κ3) is 6.47. The van der Waals surface area contributed by atoms with Crippen LogP contribution in [-0.2, 0) is 14.8 Å². The molecule has 0 heterocycles. The van der Waals surface area contributed by atoms with Crippen molar-refractivity contribution >= 4 is 38.1 Å². The van der Waals surface area contributed by atoms with Gasteiger partial charge in [0.05, 0.1) is 22.2 Å². The molecule has 29 heavy (non-hydrogen) atoms. The molecule has 0 unspecified atom stereocenters. The van der Waals surface area contributed by atoms with Gasteiger partial charge in [0, 0.05) is 14.1 Å². The third-order valence-electron chi connectivity index (χ3n) is 3.61. The van der Waals surface area contributed by atoms with E-state index in [0.717, 1.165) is 0 Å². The van der Waals surface area contributed by atoms with Crippen LogP contribution in [-0.4, -0.2) is 52.7 Å². The number of hydrogen-bond donors (Lipinski definition) is 1. The first-order chi connectivity index (χ1) is 13.7. The number of benzene rings is 2. The van der Waals surface area contributed by atoms with E-state index in [4.69, 9.17) is 9.47 Å². The van der Waals surface area contributed by atoms with Crippen LogP contribution in [0.2, 0.25) is 0 Å². The first kappa shape index (κ1) is 22.7. The van der Waals surface area contributed by atoms with Gasteiger partial charge < -0.3 is 14.4 Å². The predicted molar refractivity (Wildman–Crippen MR) is 114 cm³/mol. The van der Waals surface area contributed by atoms with Gasteiger partial charge in [-0.05, 0) is 52.7 Å². The van der Waals surface area contributed by atoms with Gasteiger partial charge in [-0.15, -0.1) is 0 Å². The number of rotatable bonds is 9. The van der Waals surface area contributed by atoms with Crippen LogP contribution in [0.5, 0.6) is 11.5 Å². The van der Waals surface area contributed by atoms with Crippen LogP contribution in [0.15, 0.2) is 56.9 Å². The van der Waals surface area contributed by atoms with Gasteiger partial charge in [0.25, 0.3) is 15.9 Å². The second kappa shape index (κ2) is 10.3. The Morgan fingerprint density at radius 1 is 1.21 bits per heavy atom. The van der Waals surface area contributed by atoms with Crippen molar-refractivity contribution in [3.8, 4) is 11.5 Å². The quantitative estimate of drug-likeness (QED) is 0.436. The molecule has 2 aromatic carbocycles. The van der Waals surface area contributed by atoms with E-state index in [1.807, 2.05) is 6.92 Å². The fraction of sp³-hybridized carbons (Fsp3) is 0.263. The average Bonchev–Trinajstić information content (AvgIpc) is 2.68. The van der Waals surface area contributed by atoms with E-state index in [0.29, 0.717) is 28.1 Å². The maximum atomic E-state index is 12.2. The van der Waals surface area contributed by atoms with Crippen molar-refractivity contribution in [1.82, 2.24) is 9.73 Å². The Bertz CT molecular complexity index is 979. The summed E-state index contributed by atoms with van der Waals surface area (Å²) in [5.74, 6) is 0.588. The Balaban J connectivity index is 2.19. The molecule has 0 fully saturated rings. The van der Waals surface area contributed by atoms with Crippen LogP contribution in [0, 0.1) is 0 Å². The summed E-state index contributed by atoms with van der Waals surface area (Å²) >= 11 is 3.39. The maximum Gasteiger partial charge on any atom is 0.276 e. The molecule has 10 heteroatoms.